The summed E-state index contributed by atoms with van der Waals surface area (Å²) in [6.07, 6.45) is 7.23. The summed E-state index contributed by atoms with van der Waals surface area (Å²) in [5.41, 5.74) is 5.21. The molecular formula is C9H17NOS. The van der Waals surface area contributed by atoms with Gasteiger partial charge in [0.1, 0.15) is 0 Å². The number of primary amides is 1. The molecule has 0 atom stereocenters. The van der Waals surface area contributed by atoms with Crippen molar-refractivity contribution in [2.24, 2.45) is 5.73 Å². The molecule has 1 amide bonds. The maximum atomic E-state index is 10.8. The average molecular weight is 187 g/mol. The van der Waals surface area contributed by atoms with Crippen molar-refractivity contribution in [2.45, 2.75) is 50.2 Å². The van der Waals surface area contributed by atoms with E-state index in [1.807, 2.05) is 0 Å². The van der Waals surface area contributed by atoms with E-state index in [1.165, 1.54) is 31.0 Å². The van der Waals surface area contributed by atoms with Crippen LogP contribution in [0.25, 0.3) is 0 Å². The summed E-state index contributed by atoms with van der Waals surface area (Å²) in [4.78, 5) is 10.8. The molecule has 0 aromatic rings. The zero-order valence-electron chi connectivity index (χ0n) is 7.64. The number of carbonyl (C=O) groups excluding carboxylic acids is 1. The second kappa shape index (κ2) is 4.17. The predicted octanol–water partition coefficient (Wildman–Crippen LogP) is 2.91. The van der Waals surface area contributed by atoms with Gasteiger partial charge in [-0.3, -0.25) is 4.79 Å². The Morgan fingerprint density at radius 2 is 2.00 bits per heavy atom. The van der Waals surface area contributed by atoms with Crippen LogP contribution in [0.5, 0.6) is 0 Å². The zero-order valence-corrected chi connectivity index (χ0v) is 8.45. The minimum Gasteiger partial charge on any atom is -0.361 e. The van der Waals surface area contributed by atoms with Gasteiger partial charge in [-0.1, -0.05) is 37.9 Å². The van der Waals surface area contributed by atoms with E-state index in [2.05, 4.69) is 6.92 Å². The number of rotatable bonds is 2. The summed E-state index contributed by atoms with van der Waals surface area (Å²) in [6.45, 7) is 2.15. The number of hydrogen-bond acceptors (Lipinski definition) is 2. The Bertz CT molecular complexity index is 164. The van der Waals surface area contributed by atoms with Crippen molar-refractivity contribution in [3.63, 3.8) is 0 Å². The second-order valence-corrected chi connectivity index (χ2v) is 4.99. The highest BCUT2D eigenvalue weighted by Gasteiger charge is 2.32. The van der Waals surface area contributed by atoms with Crippen LogP contribution in [0.1, 0.15) is 45.4 Å². The molecule has 1 fully saturated rings. The standard InChI is InChI=1S/C9H17NOS/c1-2-9(12-8(10)11)6-4-3-5-7-9/h2-7H2,1H3,(H2,10,11). The zero-order chi connectivity index (χ0) is 9.03. The average Bonchev–Trinajstić information content (AvgIpc) is 2.05. The van der Waals surface area contributed by atoms with Crippen LogP contribution in [0.2, 0.25) is 0 Å². The van der Waals surface area contributed by atoms with Gasteiger partial charge in [-0.2, -0.15) is 0 Å². The summed E-state index contributed by atoms with van der Waals surface area (Å²) >= 11 is 1.36. The molecule has 70 valence electrons. The van der Waals surface area contributed by atoms with Crippen LogP contribution in [0.3, 0.4) is 0 Å². The van der Waals surface area contributed by atoms with Crippen LogP contribution in [0, 0.1) is 0 Å². The minimum absolute atomic E-state index is 0.185. The quantitative estimate of drug-likeness (QED) is 0.722. The highest BCUT2D eigenvalue weighted by molar-refractivity contribution is 8.14. The Kier molecular flexibility index (Phi) is 3.44. The molecule has 0 aromatic heterocycles. The van der Waals surface area contributed by atoms with Gasteiger partial charge in [-0.15, -0.1) is 0 Å². The van der Waals surface area contributed by atoms with Crippen LogP contribution in [-0.2, 0) is 0 Å². The molecule has 12 heavy (non-hydrogen) atoms. The molecule has 0 aromatic carbocycles. The lowest BCUT2D eigenvalue weighted by Gasteiger charge is -2.34. The maximum absolute atomic E-state index is 10.8. The lowest BCUT2D eigenvalue weighted by atomic mass is 9.86. The topological polar surface area (TPSA) is 43.1 Å². The van der Waals surface area contributed by atoms with E-state index in [0.717, 1.165) is 19.3 Å². The third-order valence-corrected chi connectivity index (χ3v) is 4.06. The lowest BCUT2D eigenvalue weighted by molar-refractivity contribution is 0.266. The van der Waals surface area contributed by atoms with Crippen molar-refractivity contribution in [3.05, 3.63) is 0 Å². The Hall–Kier alpha value is -0.180. The molecular weight excluding hydrogens is 170 g/mol. The molecule has 0 spiro atoms. The van der Waals surface area contributed by atoms with Gasteiger partial charge >= 0.3 is 0 Å². The van der Waals surface area contributed by atoms with Crippen molar-refractivity contribution in [1.29, 1.82) is 0 Å². The molecule has 0 radical (unpaired) electrons. The van der Waals surface area contributed by atoms with Crippen LogP contribution >= 0.6 is 11.8 Å². The van der Waals surface area contributed by atoms with Gasteiger partial charge in [0.05, 0.1) is 0 Å². The smallest absolute Gasteiger partial charge is 0.277 e. The number of hydrogen-bond donors (Lipinski definition) is 1. The molecule has 0 aliphatic heterocycles. The fraction of sp³-hybridized carbons (Fsp3) is 0.889. The van der Waals surface area contributed by atoms with Crippen molar-refractivity contribution in [1.82, 2.24) is 0 Å². The summed E-state index contributed by atoms with van der Waals surface area (Å²) < 4.78 is 0.185. The van der Waals surface area contributed by atoms with Gasteiger partial charge < -0.3 is 5.73 Å². The first-order valence-electron chi connectivity index (χ1n) is 4.67. The fourth-order valence-electron chi connectivity index (χ4n) is 1.94. The molecule has 3 heteroatoms. The van der Waals surface area contributed by atoms with E-state index in [1.54, 1.807) is 0 Å². The van der Waals surface area contributed by atoms with Crippen molar-refractivity contribution in [3.8, 4) is 0 Å². The van der Waals surface area contributed by atoms with Gasteiger partial charge in [0, 0.05) is 4.75 Å². The SMILES string of the molecule is CCC1(SC(N)=O)CCCCC1. The van der Waals surface area contributed by atoms with E-state index in [-0.39, 0.29) is 9.99 Å². The van der Waals surface area contributed by atoms with Gasteiger partial charge in [-0.05, 0) is 19.3 Å². The number of amides is 1. The first-order chi connectivity index (χ1) is 5.68. The third kappa shape index (κ3) is 2.41. The van der Waals surface area contributed by atoms with Gasteiger partial charge in [0.2, 0.25) is 0 Å². The van der Waals surface area contributed by atoms with Gasteiger partial charge in [-0.25, -0.2) is 0 Å². The van der Waals surface area contributed by atoms with E-state index in [0.29, 0.717) is 0 Å². The summed E-state index contributed by atoms with van der Waals surface area (Å²) in [5.74, 6) is 0. The van der Waals surface area contributed by atoms with E-state index < -0.39 is 0 Å². The Balaban J connectivity index is 2.53. The number of thioether (sulfide) groups is 1. The van der Waals surface area contributed by atoms with Crippen LogP contribution in [0.4, 0.5) is 4.79 Å². The Labute approximate surface area is 78.3 Å². The molecule has 0 heterocycles. The molecule has 2 nitrogen and oxygen atoms in total. The van der Waals surface area contributed by atoms with Crippen LogP contribution in [0.15, 0.2) is 0 Å². The Morgan fingerprint density at radius 1 is 1.42 bits per heavy atom. The molecule has 2 N–H and O–H groups in total. The normalized spacial score (nSPS) is 22.1. The van der Waals surface area contributed by atoms with Gasteiger partial charge in [0.15, 0.2) is 0 Å². The summed E-state index contributed by atoms with van der Waals surface area (Å²) in [6, 6.07) is 0. The lowest BCUT2D eigenvalue weighted by Crippen LogP contribution is -2.29. The van der Waals surface area contributed by atoms with Crippen molar-refractivity contribution >= 4 is 17.0 Å². The van der Waals surface area contributed by atoms with Gasteiger partial charge in [0.25, 0.3) is 5.24 Å². The second-order valence-electron chi connectivity index (χ2n) is 3.52. The molecule has 1 aliphatic carbocycles. The largest absolute Gasteiger partial charge is 0.361 e. The highest BCUT2D eigenvalue weighted by atomic mass is 32.2. The molecule has 0 unspecified atom stereocenters. The fourth-order valence-corrected chi connectivity index (χ4v) is 3.00. The van der Waals surface area contributed by atoms with Crippen molar-refractivity contribution in [2.75, 3.05) is 0 Å². The Morgan fingerprint density at radius 3 is 2.42 bits per heavy atom. The highest BCUT2D eigenvalue weighted by Crippen LogP contribution is 2.42. The molecule has 1 saturated carbocycles. The number of nitrogens with two attached hydrogens (primary N) is 1. The minimum atomic E-state index is -0.209. The molecule has 1 rings (SSSR count). The predicted molar refractivity (Wildman–Crippen MR) is 53.3 cm³/mol. The van der Waals surface area contributed by atoms with E-state index >= 15 is 0 Å². The maximum Gasteiger partial charge on any atom is 0.277 e. The third-order valence-electron chi connectivity index (χ3n) is 2.73. The molecule has 0 saturated heterocycles. The molecule has 0 bridgehead atoms. The summed E-state index contributed by atoms with van der Waals surface area (Å²) in [7, 11) is 0. The van der Waals surface area contributed by atoms with E-state index in [4.69, 9.17) is 5.73 Å². The van der Waals surface area contributed by atoms with Crippen LogP contribution < -0.4 is 5.73 Å². The summed E-state index contributed by atoms with van der Waals surface area (Å²) in [5, 5.41) is -0.209. The first kappa shape index (κ1) is 9.90. The number of carbonyl (C=O) groups is 1. The van der Waals surface area contributed by atoms with E-state index in [9.17, 15) is 4.79 Å². The van der Waals surface area contributed by atoms with Crippen molar-refractivity contribution < 1.29 is 4.79 Å². The monoisotopic (exact) mass is 187 g/mol. The first-order valence-corrected chi connectivity index (χ1v) is 5.49. The molecule has 1 aliphatic rings. The van der Waals surface area contributed by atoms with Crippen LogP contribution in [-0.4, -0.2) is 9.99 Å².